The Labute approximate surface area is 138 Å². The average Bonchev–Trinajstić information content (AvgIpc) is 2.39. The van der Waals surface area contributed by atoms with Gasteiger partial charge in [-0.15, -0.1) is 0 Å². The van der Waals surface area contributed by atoms with Gasteiger partial charge in [-0.2, -0.15) is 0 Å². The Hall–Kier alpha value is -0.800. The van der Waals surface area contributed by atoms with Crippen LogP contribution in [0, 0.1) is 13.8 Å². The van der Waals surface area contributed by atoms with E-state index in [0.717, 1.165) is 15.4 Å². The molecule has 0 aliphatic rings. The average molecular weight is 397 g/mol. The molecule has 3 heteroatoms. The molecule has 2 rings (SSSR count). The normalized spacial score (nSPS) is 12.2. The molecule has 0 bridgehead atoms. The smallest absolute Gasteiger partial charge is 0.0519 e. The van der Waals surface area contributed by atoms with E-state index in [1.165, 1.54) is 22.4 Å². The fraction of sp³-hybridized carbons (Fsp3) is 0.294. The quantitative estimate of drug-likeness (QED) is 0.630. The Balaban J connectivity index is 2.29. The van der Waals surface area contributed by atoms with Crippen LogP contribution in [-0.2, 0) is 0 Å². The standard InChI is InChI=1S/C17H19Br2N/c1-4-16(13-5-7-14(18)8-6-13)20-17-12(3)9-11(2)10-15(17)19/h5-10,16,20H,4H2,1-3H3. The molecule has 1 unspecified atom stereocenters. The molecule has 20 heavy (non-hydrogen) atoms. The summed E-state index contributed by atoms with van der Waals surface area (Å²) in [5.41, 5.74) is 5.04. The van der Waals surface area contributed by atoms with E-state index in [0.29, 0.717) is 6.04 Å². The second-order valence-electron chi connectivity index (χ2n) is 5.10. The Bertz CT molecular complexity index is 567. The van der Waals surface area contributed by atoms with Gasteiger partial charge in [0.15, 0.2) is 0 Å². The predicted molar refractivity (Wildman–Crippen MR) is 94.4 cm³/mol. The Kier molecular flexibility index (Phi) is 5.28. The summed E-state index contributed by atoms with van der Waals surface area (Å²) in [6, 6.07) is 13.2. The minimum Gasteiger partial charge on any atom is -0.377 e. The lowest BCUT2D eigenvalue weighted by Crippen LogP contribution is -2.11. The highest BCUT2D eigenvalue weighted by molar-refractivity contribution is 9.10. The summed E-state index contributed by atoms with van der Waals surface area (Å²) in [4.78, 5) is 0. The van der Waals surface area contributed by atoms with E-state index in [2.05, 4.69) is 94.3 Å². The third kappa shape index (κ3) is 3.64. The Morgan fingerprint density at radius 2 is 1.70 bits per heavy atom. The lowest BCUT2D eigenvalue weighted by atomic mass is 10.0. The second kappa shape index (κ2) is 6.77. The van der Waals surface area contributed by atoms with Crippen LogP contribution in [0.15, 0.2) is 45.3 Å². The Morgan fingerprint density at radius 3 is 2.25 bits per heavy atom. The van der Waals surface area contributed by atoms with Crippen LogP contribution in [-0.4, -0.2) is 0 Å². The molecule has 0 amide bonds. The minimum atomic E-state index is 0.320. The van der Waals surface area contributed by atoms with Crippen molar-refractivity contribution in [1.29, 1.82) is 0 Å². The lowest BCUT2D eigenvalue weighted by Gasteiger charge is -2.22. The molecule has 0 radical (unpaired) electrons. The molecule has 0 fully saturated rings. The van der Waals surface area contributed by atoms with E-state index in [1.807, 2.05) is 0 Å². The van der Waals surface area contributed by atoms with Crippen LogP contribution in [0.3, 0.4) is 0 Å². The number of hydrogen-bond acceptors (Lipinski definition) is 1. The van der Waals surface area contributed by atoms with Gasteiger partial charge in [-0.1, -0.05) is 41.1 Å². The maximum absolute atomic E-state index is 3.67. The van der Waals surface area contributed by atoms with Crippen molar-refractivity contribution in [2.75, 3.05) is 5.32 Å². The van der Waals surface area contributed by atoms with E-state index < -0.39 is 0 Å². The number of halogens is 2. The first-order chi connectivity index (χ1) is 9.51. The van der Waals surface area contributed by atoms with Crippen LogP contribution in [0.25, 0.3) is 0 Å². The van der Waals surface area contributed by atoms with Crippen molar-refractivity contribution in [3.8, 4) is 0 Å². The van der Waals surface area contributed by atoms with Crippen molar-refractivity contribution in [2.45, 2.75) is 33.2 Å². The fourth-order valence-electron chi connectivity index (χ4n) is 2.39. The summed E-state index contributed by atoms with van der Waals surface area (Å²) >= 11 is 7.16. The zero-order valence-corrected chi connectivity index (χ0v) is 15.2. The maximum atomic E-state index is 3.67. The van der Waals surface area contributed by atoms with E-state index >= 15 is 0 Å². The fourth-order valence-corrected chi connectivity index (χ4v) is 3.44. The van der Waals surface area contributed by atoms with Gasteiger partial charge in [0.2, 0.25) is 0 Å². The van der Waals surface area contributed by atoms with Crippen LogP contribution in [0.2, 0.25) is 0 Å². The molecular formula is C17H19Br2N. The largest absolute Gasteiger partial charge is 0.377 e. The number of hydrogen-bond donors (Lipinski definition) is 1. The summed E-state index contributed by atoms with van der Waals surface area (Å²) in [5.74, 6) is 0. The maximum Gasteiger partial charge on any atom is 0.0519 e. The highest BCUT2D eigenvalue weighted by Gasteiger charge is 2.12. The summed E-state index contributed by atoms with van der Waals surface area (Å²) in [6.45, 7) is 6.47. The summed E-state index contributed by atoms with van der Waals surface area (Å²) < 4.78 is 2.24. The monoisotopic (exact) mass is 395 g/mol. The SMILES string of the molecule is CCC(Nc1c(C)cc(C)cc1Br)c1ccc(Br)cc1. The number of nitrogens with one attached hydrogen (secondary N) is 1. The number of anilines is 1. The first-order valence-electron chi connectivity index (χ1n) is 6.80. The molecule has 0 spiro atoms. The molecule has 1 nitrogen and oxygen atoms in total. The number of benzene rings is 2. The molecule has 0 aromatic heterocycles. The first kappa shape index (κ1) is 15.6. The van der Waals surface area contributed by atoms with Gasteiger partial charge in [0.1, 0.15) is 0 Å². The molecule has 0 heterocycles. The van der Waals surface area contributed by atoms with Crippen molar-refractivity contribution >= 4 is 37.5 Å². The van der Waals surface area contributed by atoms with Crippen molar-refractivity contribution in [2.24, 2.45) is 0 Å². The van der Waals surface area contributed by atoms with Crippen molar-refractivity contribution < 1.29 is 0 Å². The summed E-state index contributed by atoms with van der Waals surface area (Å²) in [7, 11) is 0. The second-order valence-corrected chi connectivity index (χ2v) is 6.87. The number of rotatable bonds is 4. The Morgan fingerprint density at radius 1 is 1.05 bits per heavy atom. The molecule has 106 valence electrons. The molecular weight excluding hydrogens is 378 g/mol. The van der Waals surface area contributed by atoms with Gasteiger partial charge >= 0.3 is 0 Å². The third-order valence-corrected chi connectivity index (χ3v) is 4.59. The van der Waals surface area contributed by atoms with Crippen molar-refractivity contribution in [3.05, 3.63) is 62.0 Å². The molecule has 0 saturated carbocycles. The van der Waals surface area contributed by atoms with Crippen LogP contribution < -0.4 is 5.32 Å². The van der Waals surface area contributed by atoms with Gasteiger partial charge in [0, 0.05) is 8.95 Å². The van der Waals surface area contributed by atoms with Gasteiger partial charge in [0.25, 0.3) is 0 Å². The predicted octanol–water partition coefficient (Wildman–Crippen LogP) is 6.39. The van der Waals surface area contributed by atoms with Crippen LogP contribution in [0.4, 0.5) is 5.69 Å². The highest BCUT2D eigenvalue weighted by atomic mass is 79.9. The van der Waals surface area contributed by atoms with E-state index in [9.17, 15) is 0 Å². The number of aryl methyl sites for hydroxylation is 2. The molecule has 1 atom stereocenters. The third-order valence-electron chi connectivity index (χ3n) is 3.43. The molecule has 2 aromatic carbocycles. The zero-order chi connectivity index (χ0) is 14.7. The minimum absolute atomic E-state index is 0.320. The lowest BCUT2D eigenvalue weighted by molar-refractivity contribution is 0.747. The van der Waals surface area contributed by atoms with Gasteiger partial charge in [-0.3, -0.25) is 0 Å². The zero-order valence-electron chi connectivity index (χ0n) is 12.0. The van der Waals surface area contributed by atoms with Crippen molar-refractivity contribution in [1.82, 2.24) is 0 Å². The van der Waals surface area contributed by atoms with E-state index in [1.54, 1.807) is 0 Å². The molecule has 0 aliphatic carbocycles. The van der Waals surface area contributed by atoms with Gasteiger partial charge in [-0.25, -0.2) is 0 Å². The van der Waals surface area contributed by atoms with Crippen LogP contribution >= 0.6 is 31.9 Å². The molecule has 0 aliphatic heterocycles. The summed E-state index contributed by atoms with van der Waals surface area (Å²) in [6.07, 6.45) is 1.04. The topological polar surface area (TPSA) is 12.0 Å². The van der Waals surface area contributed by atoms with Gasteiger partial charge in [0.05, 0.1) is 11.7 Å². The highest BCUT2D eigenvalue weighted by Crippen LogP contribution is 2.32. The molecule has 2 aromatic rings. The van der Waals surface area contributed by atoms with Crippen LogP contribution in [0.5, 0.6) is 0 Å². The van der Waals surface area contributed by atoms with E-state index in [-0.39, 0.29) is 0 Å². The summed E-state index contributed by atoms with van der Waals surface area (Å²) in [5, 5.41) is 3.67. The molecule has 0 saturated heterocycles. The molecule has 1 N–H and O–H groups in total. The van der Waals surface area contributed by atoms with E-state index in [4.69, 9.17) is 0 Å². The van der Waals surface area contributed by atoms with Gasteiger partial charge in [-0.05, 0) is 71.1 Å². The van der Waals surface area contributed by atoms with Crippen molar-refractivity contribution in [3.63, 3.8) is 0 Å². The first-order valence-corrected chi connectivity index (χ1v) is 8.38. The van der Waals surface area contributed by atoms with Crippen LogP contribution in [0.1, 0.15) is 36.1 Å². The van der Waals surface area contributed by atoms with Gasteiger partial charge < -0.3 is 5.32 Å².